The lowest BCUT2D eigenvalue weighted by molar-refractivity contribution is -0.153. The third-order valence-electron chi connectivity index (χ3n) is 6.49. The number of carbonyl (C=O) groups is 1. The van der Waals surface area contributed by atoms with Gasteiger partial charge in [0.15, 0.2) is 5.67 Å². The van der Waals surface area contributed by atoms with Crippen molar-refractivity contribution in [3.8, 4) is 0 Å². The minimum absolute atomic E-state index is 0.241. The van der Waals surface area contributed by atoms with E-state index in [2.05, 4.69) is 16.0 Å². The first kappa shape index (κ1) is 17.0. The Morgan fingerprint density at radius 1 is 1.08 bits per heavy atom. The van der Waals surface area contributed by atoms with Gasteiger partial charge < -0.3 is 4.90 Å². The van der Waals surface area contributed by atoms with Crippen LogP contribution in [0.5, 0.6) is 0 Å². The van der Waals surface area contributed by atoms with E-state index in [1.165, 1.54) is 12.8 Å². The Balaban J connectivity index is 1.34. The number of piperidine rings is 2. The molecule has 1 spiro atoms. The normalized spacial score (nSPS) is 25.6. The van der Waals surface area contributed by atoms with E-state index in [4.69, 9.17) is 0 Å². The highest BCUT2D eigenvalue weighted by Gasteiger charge is 2.48. The molecule has 0 radical (unpaired) electrons. The molecule has 2 saturated heterocycles. The molecule has 1 aliphatic carbocycles. The Hall–Kier alpha value is -1.49. The van der Waals surface area contributed by atoms with Crippen LogP contribution in [0.4, 0.5) is 4.39 Å². The summed E-state index contributed by atoms with van der Waals surface area (Å²) in [6, 6.07) is 6.08. The average molecular weight is 345 g/mol. The Kier molecular flexibility index (Phi) is 4.52. The summed E-state index contributed by atoms with van der Waals surface area (Å²) in [6.07, 6.45) is 8.00. The van der Waals surface area contributed by atoms with E-state index in [0.29, 0.717) is 18.3 Å². The Morgan fingerprint density at radius 3 is 2.52 bits per heavy atom. The van der Waals surface area contributed by atoms with E-state index in [1.54, 1.807) is 4.90 Å². The fourth-order valence-electron chi connectivity index (χ4n) is 4.74. The molecule has 1 aromatic heterocycles. The summed E-state index contributed by atoms with van der Waals surface area (Å²) in [5.74, 6) is -0.241. The second kappa shape index (κ2) is 6.67. The lowest BCUT2D eigenvalue weighted by Crippen LogP contribution is -2.55. The van der Waals surface area contributed by atoms with E-state index in [1.807, 2.05) is 18.3 Å². The quantitative estimate of drug-likeness (QED) is 0.844. The monoisotopic (exact) mass is 345 g/mol. The second-order valence-electron chi connectivity index (χ2n) is 8.25. The first-order chi connectivity index (χ1) is 12.1. The molecule has 0 unspecified atom stereocenters. The predicted octanol–water partition coefficient (Wildman–Crippen LogP) is 3.18. The van der Waals surface area contributed by atoms with Crippen LogP contribution < -0.4 is 0 Å². The van der Waals surface area contributed by atoms with Crippen LogP contribution in [0.1, 0.15) is 50.6 Å². The molecule has 1 saturated carbocycles. The summed E-state index contributed by atoms with van der Waals surface area (Å²) >= 11 is 0. The van der Waals surface area contributed by atoms with Crippen LogP contribution in [0.15, 0.2) is 24.4 Å². The number of nitrogens with zero attached hydrogens (tertiary/aromatic N) is 3. The molecule has 1 amide bonds. The molecule has 0 aromatic carbocycles. The first-order valence-electron chi connectivity index (χ1n) is 9.69. The van der Waals surface area contributed by atoms with E-state index >= 15 is 0 Å². The number of rotatable bonds is 3. The van der Waals surface area contributed by atoms with Gasteiger partial charge in [-0.05, 0) is 69.0 Å². The highest BCUT2D eigenvalue weighted by molar-refractivity contribution is 5.86. The summed E-state index contributed by atoms with van der Waals surface area (Å²) in [5, 5.41) is 0. The molecule has 0 bridgehead atoms. The van der Waals surface area contributed by atoms with Gasteiger partial charge in [0.1, 0.15) is 0 Å². The Labute approximate surface area is 149 Å². The molecule has 1 aromatic rings. The number of hydrogen-bond donors (Lipinski definition) is 0. The van der Waals surface area contributed by atoms with Crippen molar-refractivity contribution in [3.63, 3.8) is 0 Å². The van der Waals surface area contributed by atoms with Crippen LogP contribution in [0.3, 0.4) is 0 Å². The minimum atomic E-state index is -1.54. The van der Waals surface area contributed by atoms with Crippen LogP contribution in [-0.4, -0.2) is 52.5 Å². The molecule has 2 aliphatic heterocycles. The Morgan fingerprint density at radius 2 is 1.88 bits per heavy atom. The van der Waals surface area contributed by atoms with Crippen molar-refractivity contribution in [2.45, 2.75) is 57.2 Å². The van der Waals surface area contributed by atoms with Crippen LogP contribution in [-0.2, 0) is 11.3 Å². The van der Waals surface area contributed by atoms with E-state index in [9.17, 15) is 9.18 Å². The van der Waals surface area contributed by atoms with Gasteiger partial charge >= 0.3 is 0 Å². The van der Waals surface area contributed by atoms with Crippen LogP contribution in [0, 0.1) is 5.41 Å². The van der Waals surface area contributed by atoms with Gasteiger partial charge in [-0.1, -0.05) is 6.07 Å². The van der Waals surface area contributed by atoms with Gasteiger partial charge in [-0.2, -0.15) is 0 Å². The first-order valence-corrected chi connectivity index (χ1v) is 9.69. The van der Waals surface area contributed by atoms with Gasteiger partial charge in [-0.15, -0.1) is 0 Å². The van der Waals surface area contributed by atoms with Gasteiger partial charge in [0.2, 0.25) is 0 Å². The molecule has 5 heteroatoms. The summed E-state index contributed by atoms with van der Waals surface area (Å²) in [6.45, 7) is 4.55. The number of alkyl halides is 1. The number of halogens is 1. The molecule has 3 heterocycles. The average Bonchev–Trinajstić information content (AvgIpc) is 2.61. The summed E-state index contributed by atoms with van der Waals surface area (Å²) in [5.41, 5.74) is -0.119. The number of likely N-dealkylation sites (tertiary alicyclic amines) is 2. The van der Waals surface area contributed by atoms with E-state index in [0.717, 1.165) is 57.7 Å². The maximum atomic E-state index is 14.4. The molecular formula is C20H28FN3O. The molecule has 0 N–H and O–H groups in total. The van der Waals surface area contributed by atoms with Crippen molar-refractivity contribution >= 4 is 5.91 Å². The van der Waals surface area contributed by atoms with Crippen molar-refractivity contribution in [1.82, 2.24) is 14.8 Å². The lowest BCUT2D eigenvalue weighted by atomic mass is 9.72. The highest BCUT2D eigenvalue weighted by atomic mass is 19.1. The zero-order chi connectivity index (χ0) is 17.3. The van der Waals surface area contributed by atoms with Crippen LogP contribution >= 0.6 is 0 Å². The number of carbonyl (C=O) groups excluding carboxylic acids is 1. The number of aromatic nitrogens is 1. The van der Waals surface area contributed by atoms with Crippen molar-refractivity contribution in [3.05, 3.63) is 30.1 Å². The zero-order valence-corrected chi connectivity index (χ0v) is 14.9. The zero-order valence-electron chi connectivity index (χ0n) is 14.9. The van der Waals surface area contributed by atoms with Crippen molar-refractivity contribution in [2.75, 3.05) is 26.2 Å². The third kappa shape index (κ3) is 3.43. The van der Waals surface area contributed by atoms with Crippen LogP contribution in [0.25, 0.3) is 0 Å². The Bertz CT molecular complexity index is 609. The summed E-state index contributed by atoms with van der Waals surface area (Å²) in [7, 11) is 0. The molecule has 3 fully saturated rings. The molecule has 4 rings (SSSR count). The molecule has 0 atom stereocenters. The summed E-state index contributed by atoms with van der Waals surface area (Å²) < 4.78 is 14.4. The number of hydrogen-bond acceptors (Lipinski definition) is 3. The van der Waals surface area contributed by atoms with E-state index < -0.39 is 5.67 Å². The number of pyridine rings is 1. The van der Waals surface area contributed by atoms with Crippen molar-refractivity contribution in [1.29, 1.82) is 0 Å². The standard InChI is InChI=1S/C20H28FN3O/c21-20(7-3-8-20)18(25)24-13-9-19(10-14-24)6-4-12-23(16-19)15-17-5-1-2-11-22-17/h1-2,5,11H,3-4,6-10,12-16H2. The largest absolute Gasteiger partial charge is 0.340 e. The van der Waals surface area contributed by atoms with Crippen LogP contribution in [0.2, 0.25) is 0 Å². The number of amides is 1. The maximum Gasteiger partial charge on any atom is 0.260 e. The van der Waals surface area contributed by atoms with E-state index in [-0.39, 0.29) is 5.91 Å². The van der Waals surface area contributed by atoms with Gasteiger partial charge in [-0.3, -0.25) is 14.7 Å². The fraction of sp³-hybridized carbons (Fsp3) is 0.700. The molecular weight excluding hydrogens is 317 g/mol. The lowest BCUT2D eigenvalue weighted by Gasteiger charge is -2.49. The second-order valence-corrected chi connectivity index (χ2v) is 8.25. The molecule has 136 valence electrons. The molecule has 4 nitrogen and oxygen atoms in total. The third-order valence-corrected chi connectivity index (χ3v) is 6.49. The van der Waals surface area contributed by atoms with Gasteiger partial charge in [0.05, 0.1) is 5.69 Å². The highest BCUT2D eigenvalue weighted by Crippen LogP contribution is 2.43. The molecule has 3 aliphatic rings. The topological polar surface area (TPSA) is 36.4 Å². The predicted molar refractivity (Wildman–Crippen MR) is 94.7 cm³/mol. The fourth-order valence-corrected chi connectivity index (χ4v) is 4.74. The SMILES string of the molecule is O=C(N1CCC2(CCCN(Cc3ccccn3)C2)CC1)C1(F)CCC1. The molecule has 25 heavy (non-hydrogen) atoms. The smallest absolute Gasteiger partial charge is 0.260 e. The maximum absolute atomic E-state index is 14.4. The minimum Gasteiger partial charge on any atom is -0.340 e. The summed E-state index contributed by atoms with van der Waals surface area (Å²) in [4.78, 5) is 21.2. The van der Waals surface area contributed by atoms with Gasteiger partial charge in [0, 0.05) is 32.4 Å². The van der Waals surface area contributed by atoms with Gasteiger partial charge in [-0.25, -0.2) is 4.39 Å². The van der Waals surface area contributed by atoms with Crippen molar-refractivity contribution in [2.24, 2.45) is 5.41 Å². The van der Waals surface area contributed by atoms with Crippen molar-refractivity contribution < 1.29 is 9.18 Å². The van der Waals surface area contributed by atoms with Gasteiger partial charge in [0.25, 0.3) is 5.91 Å².